The monoisotopic (exact) mass is 148 g/mol. The molecule has 0 radical (unpaired) electrons. The van der Waals surface area contributed by atoms with Crippen LogP contribution in [0, 0.1) is 11.3 Å². The summed E-state index contributed by atoms with van der Waals surface area (Å²) in [6.07, 6.45) is 13.0. The van der Waals surface area contributed by atoms with E-state index in [0.29, 0.717) is 0 Å². The largest absolute Gasteiger partial charge is 0.0845 e. The second-order valence-electron chi connectivity index (χ2n) is 4.78. The summed E-state index contributed by atoms with van der Waals surface area (Å²) < 4.78 is 0. The molecule has 2 saturated carbocycles. The lowest BCUT2D eigenvalue weighted by Gasteiger charge is -2.25. The van der Waals surface area contributed by atoms with Crippen LogP contribution in [0.5, 0.6) is 0 Å². The fourth-order valence-electron chi connectivity index (χ4n) is 2.98. The third kappa shape index (κ3) is 0.881. The van der Waals surface area contributed by atoms with E-state index in [4.69, 9.17) is 0 Å². The summed E-state index contributed by atoms with van der Waals surface area (Å²) in [6, 6.07) is 0. The number of fused-ring (bicyclic) bond motifs is 1. The molecule has 0 aromatic rings. The molecule has 0 heterocycles. The molecule has 1 spiro atoms. The Kier molecular flexibility index (Phi) is 1.09. The van der Waals surface area contributed by atoms with Crippen molar-refractivity contribution in [2.75, 3.05) is 0 Å². The van der Waals surface area contributed by atoms with Gasteiger partial charge in [-0.2, -0.15) is 0 Å². The highest BCUT2D eigenvalue weighted by atomic mass is 14.5. The van der Waals surface area contributed by atoms with Gasteiger partial charge < -0.3 is 0 Å². The highest BCUT2D eigenvalue weighted by molar-refractivity contribution is 5.20. The van der Waals surface area contributed by atoms with Crippen molar-refractivity contribution in [2.45, 2.75) is 44.9 Å². The van der Waals surface area contributed by atoms with Gasteiger partial charge in [-0.25, -0.2) is 0 Å². The first-order chi connectivity index (χ1) is 5.38. The van der Waals surface area contributed by atoms with Gasteiger partial charge in [-0.05, 0) is 56.3 Å². The average Bonchev–Trinajstić information content (AvgIpc) is 2.63. The van der Waals surface area contributed by atoms with Gasteiger partial charge in [-0.3, -0.25) is 0 Å². The van der Waals surface area contributed by atoms with Gasteiger partial charge in [0.1, 0.15) is 0 Å². The average molecular weight is 148 g/mol. The summed E-state index contributed by atoms with van der Waals surface area (Å²) in [4.78, 5) is 0. The van der Waals surface area contributed by atoms with Gasteiger partial charge in [0.05, 0.1) is 0 Å². The molecule has 60 valence electrons. The van der Waals surface area contributed by atoms with E-state index < -0.39 is 0 Å². The van der Waals surface area contributed by atoms with Crippen molar-refractivity contribution in [1.29, 1.82) is 0 Å². The molecule has 0 heteroatoms. The molecule has 3 rings (SSSR count). The number of rotatable bonds is 0. The third-order valence-electron chi connectivity index (χ3n) is 3.98. The Bertz CT molecular complexity index is 208. The summed E-state index contributed by atoms with van der Waals surface area (Å²) in [5, 5.41) is 0. The second-order valence-corrected chi connectivity index (χ2v) is 4.78. The molecular formula is C11H16. The Morgan fingerprint density at radius 3 is 3.09 bits per heavy atom. The molecule has 0 amide bonds. The molecule has 0 N–H and O–H groups in total. The zero-order valence-electron chi connectivity index (χ0n) is 7.10. The first-order valence-corrected chi connectivity index (χ1v) is 5.07. The fourth-order valence-corrected chi connectivity index (χ4v) is 2.98. The molecule has 0 bridgehead atoms. The molecule has 3 aliphatic carbocycles. The highest BCUT2D eigenvalue weighted by Gasteiger charge is 2.46. The fraction of sp³-hybridized carbons (Fsp3) is 0.818. The van der Waals surface area contributed by atoms with E-state index in [9.17, 15) is 0 Å². The lowest BCUT2D eigenvalue weighted by atomic mass is 9.80. The van der Waals surface area contributed by atoms with Crippen LogP contribution >= 0.6 is 0 Å². The zero-order valence-corrected chi connectivity index (χ0v) is 7.10. The molecule has 2 fully saturated rings. The van der Waals surface area contributed by atoms with Gasteiger partial charge in [-0.1, -0.05) is 11.6 Å². The van der Waals surface area contributed by atoms with Crippen LogP contribution in [0.15, 0.2) is 11.6 Å². The smallest absolute Gasteiger partial charge is 0.0198 e. The van der Waals surface area contributed by atoms with Crippen molar-refractivity contribution in [2.24, 2.45) is 11.3 Å². The SMILES string of the molecule is C1=C2CCCC2CC2(C1)CC2. The van der Waals surface area contributed by atoms with Crippen molar-refractivity contribution in [1.82, 2.24) is 0 Å². The van der Waals surface area contributed by atoms with Crippen LogP contribution in [0.2, 0.25) is 0 Å². The van der Waals surface area contributed by atoms with E-state index in [1.165, 1.54) is 38.5 Å². The zero-order chi connectivity index (χ0) is 7.31. The molecule has 0 nitrogen and oxygen atoms in total. The molecule has 0 saturated heterocycles. The minimum absolute atomic E-state index is 0.846. The van der Waals surface area contributed by atoms with Crippen LogP contribution in [0.1, 0.15) is 44.9 Å². The van der Waals surface area contributed by atoms with Crippen molar-refractivity contribution in [3.8, 4) is 0 Å². The molecule has 3 aliphatic rings. The molecule has 0 aromatic carbocycles. The van der Waals surface area contributed by atoms with E-state index in [0.717, 1.165) is 11.3 Å². The van der Waals surface area contributed by atoms with Crippen LogP contribution in [0.4, 0.5) is 0 Å². The van der Waals surface area contributed by atoms with Crippen LogP contribution in [-0.4, -0.2) is 0 Å². The normalized spacial score (nSPS) is 38.5. The highest BCUT2D eigenvalue weighted by Crippen LogP contribution is 2.59. The molecule has 11 heavy (non-hydrogen) atoms. The minimum atomic E-state index is 0.846. The van der Waals surface area contributed by atoms with E-state index in [1.807, 2.05) is 5.57 Å². The van der Waals surface area contributed by atoms with Crippen molar-refractivity contribution < 1.29 is 0 Å². The van der Waals surface area contributed by atoms with E-state index in [-0.39, 0.29) is 0 Å². The Morgan fingerprint density at radius 1 is 1.36 bits per heavy atom. The van der Waals surface area contributed by atoms with Gasteiger partial charge in [0.2, 0.25) is 0 Å². The first kappa shape index (κ1) is 6.28. The van der Waals surface area contributed by atoms with Gasteiger partial charge in [0.15, 0.2) is 0 Å². The summed E-state index contributed by atoms with van der Waals surface area (Å²) >= 11 is 0. The summed E-state index contributed by atoms with van der Waals surface area (Å²) in [7, 11) is 0. The Labute approximate surface area is 68.7 Å². The Morgan fingerprint density at radius 2 is 2.27 bits per heavy atom. The number of hydrogen-bond acceptors (Lipinski definition) is 0. The Hall–Kier alpha value is -0.260. The summed E-state index contributed by atoms with van der Waals surface area (Å²) in [5.74, 6) is 1.03. The van der Waals surface area contributed by atoms with Crippen molar-refractivity contribution in [3.63, 3.8) is 0 Å². The third-order valence-corrected chi connectivity index (χ3v) is 3.98. The lowest BCUT2D eigenvalue weighted by Crippen LogP contribution is -2.12. The molecule has 1 atom stereocenters. The molecule has 1 unspecified atom stereocenters. The molecule has 0 aromatic heterocycles. The van der Waals surface area contributed by atoms with Crippen molar-refractivity contribution >= 4 is 0 Å². The maximum atomic E-state index is 2.58. The lowest BCUT2D eigenvalue weighted by molar-refractivity contribution is 0.370. The van der Waals surface area contributed by atoms with Crippen LogP contribution in [0.3, 0.4) is 0 Å². The van der Waals surface area contributed by atoms with Crippen LogP contribution < -0.4 is 0 Å². The number of hydrogen-bond donors (Lipinski definition) is 0. The van der Waals surface area contributed by atoms with E-state index >= 15 is 0 Å². The van der Waals surface area contributed by atoms with Crippen LogP contribution in [-0.2, 0) is 0 Å². The predicted octanol–water partition coefficient (Wildman–Crippen LogP) is 3.29. The topological polar surface area (TPSA) is 0 Å². The summed E-state index contributed by atoms with van der Waals surface area (Å²) in [6.45, 7) is 0. The quantitative estimate of drug-likeness (QED) is 0.462. The van der Waals surface area contributed by atoms with E-state index in [2.05, 4.69) is 6.08 Å². The van der Waals surface area contributed by atoms with Gasteiger partial charge in [0, 0.05) is 0 Å². The van der Waals surface area contributed by atoms with Gasteiger partial charge in [0.25, 0.3) is 0 Å². The maximum Gasteiger partial charge on any atom is -0.0198 e. The number of allylic oxidation sites excluding steroid dienone is 2. The van der Waals surface area contributed by atoms with Crippen molar-refractivity contribution in [3.05, 3.63) is 11.6 Å². The van der Waals surface area contributed by atoms with Gasteiger partial charge >= 0.3 is 0 Å². The van der Waals surface area contributed by atoms with Gasteiger partial charge in [-0.15, -0.1) is 0 Å². The van der Waals surface area contributed by atoms with E-state index in [1.54, 1.807) is 6.42 Å². The molecule has 0 aliphatic heterocycles. The summed E-state index contributed by atoms with van der Waals surface area (Å²) in [5.41, 5.74) is 2.67. The standard InChI is InChI=1S/C11H16/c1-2-9-4-5-11(6-7-11)8-10(9)3-1/h4,10H,1-3,5-8H2. The predicted molar refractivity (Wildman–Crippen MR) is 46.3 cm³/mol. The Balaban J connectivity index is 1.87. The minimum Gasteiger partial charge on any atom is -0.0845 e. The first-order valence-electron chi connectivity index (χ1n) is 5.07. The maximum absolute atomic E-state index is 2.58. The van der Waals surface area contributed by atoms with Crippen LogP contribution in [0.25, 0.3) is 0 Å². The molecular weight excluding hydrogens is 132 g/mol. The second kappa shape index (κ2) is 1.91.